The zero-order chi connectivity index (χ0) is 15.3. The Morgan fingerprint density at radius 3 is 2.15 bits per heavy atom. The maximum Gasteiger partial charge on any atom is 0.246 e. The topological polar surface area (TPSA) is 57.6 Å². The minimum atomic E-state index is -3.86. The lowest BCUT2D eigenvalue weighted by atomic mass is 10.3. The Hall–Kier alpha value is -0.0400. The number of halogens is 3. The molecule has 0 radical (unpaired) electrons. The van der Waals surface area contributed by atoms with Crippen molar-refractivity contribution in [3.8, 4) is 0 Å². The normalized spacial score (nSPS) is 12.1. The number of sulfonamides is 1. The van der Waals surface area contributed by atoms with Crippen molar-refractivity contribution < 1.29 is 13.5 Å². The van der Waals surface area contributed by atoms with E-state index in [0.29, 0.717) is 13.0 Å². The van der Waals surface area contributed by atoms with E-state index in [9.17, 15) is 8.42 Å². The molecule has 1 aromatic carbocycles. The molecule has 1 aromatic rings. The van der Waals surface area contributed by atoms with Crippen LogP contribution in [0.15, 0.2) is 17.0 Å². The predicted molar refractivity (Wildman–Crippen MR) is 82.2 cm³/mol. The fourth-order valence-corrected chi connectivity index (χ4v) is 4.66. The van der Waals surface area contributed by atoms with Gasteiger partial charge in [0.25, 0.3) is 0 Å². The third-order valence-corrected chi connectivity index (χ3v) is 5.71. The number of aliphatic hydroxyl groups excluding tert-OH is 1. The molecule has 0 saturated heterocycles. The molecule has 0 bridgehead atoms. The maximum absolute atomic E-state index is 12.6. The molecule has 0 heterocycles. The zero-order valence-corrected chi connectivity index (χ0v) is 14.0. The molecule has 0 aliphatic rings. The molecular formula is C12H16Cl3NO3S. The first-order valence-electron chi connectivity index (χ1n) is 6.10. The summed E-state index contributed by atoms with van der Waals surface area (Å²) in [6, 6.07) is 2.66. The van der Waals surface area contributed by atoms with E-state index in [0.717, 1.165) is 6.42 Å². The molecule has 1 rings (SSSR count). The van der Waals surface area contributed by atoms with Crippen LogP contribution in [0.2, 0.25) is 15.1 Å². The van der Waals surface area contributed by atoms with E-state index >= 15 is 0 Å². The molecule has 0 atom stereocenters. The van der Waals surface area contributed by atoms with E-state index in [1.54, 1.807) is 0 Å². The molecule has 1 N–H and O–H groups in total. The van der Waals surface area contributed by atoms with Gasteiger partial charge < -0.3 is 5.11 Å². The summed E-state index contributed by atoms with van der Waals surface area (Å²) in [5, 5.41) is 9.25. The van der Waals surface area contributed by atoms with Gasteiger partial charge in [0.15, 0.2) is 0 Å². The number of rotatable bonds is 7. The molecule has 20 heavy (non-hydrogen) atoms. The molecule has 8 heteroatoms. The van der Waals surface area contributed by atoms with Gasteiger partial charge in [-0.15, -0.1) is 0 Å². The van der Waals surface area contributed by atoms with Crippen LogP contribution in [0.5, 0.6) is 0 Å². The van der Waals surface area contributed by atoms with Gasteiger partial charge in [0.05, 0.1) is 16.7 Å². The summed E-state index contributed by atoms with van der Waals surface area (Å²) in [4.78, 5) is -0.171. The summed E-state index contributed by atoms with van der Waals surface area (Å²) in [6.45, 7) is 1.98. The van der Waals surface area contributed by atoms with E-state index < -0.39 is 10.0 Å². The standard InChI is InChI=1S/C12H16Cl3NO3S/c1-2-3-4-16(5-6-17)20(18,19)12-10(14)7-9(13)8-11(12)15/h7-8,17H,2-6H2,1H3. The average molecular weight is 361 g/mol. The number of aliphatic hydroxyl groups is 1. The highest BCUT2D eigenvalue weighted by Gasteiger charge is 2.28. The highest BCUT2D eigenvalue weighted by atomic mass is 35.5. The molecule has 4 nitrogen and oxygen atoms in total. The van der Waals surface area contributed by atoms with Gasteiger partial charge in [-0.25, -0.2) is 8.42 Å². The van der Waals surface area contributed by atoms with Crippen molar-refractivity contribution in [2.75, 3.05) is 19.7 Å². The van der Waals surface area contributed by atoms with Gasteiger partial charge >= 0.3 is 0 Å². The van der Waals surface area contributed by atoms with Gasteiger partial charge in [-0.2, -0.15) is 4.31 Å². The van der Waals surface area contributed by atoms with Gasteiger partial charge in [0, 0.05) is 18.1 Å². The Bertz CT molecular complexity index is 540. The van der Waals surface area contributed by atoms with Crippen molar-refractivity contribution in [1.29, 1.82) is 0 Å². The van der Waals surface area contributed by atoms with Crippen LogP contribution in [0.3, 0.4) is 0 Å². The molecule has 0 unspecified atom stereocenters. The van der Waals surface area contributed by atoms with Crippen LogP contribution in [0, 0.1) is 0 Å². The van der Waals surface area contributed by atoms with Crippen LogP contribution in [-0.4, -0.2) is 37.5 Å². The maximum atomic E-state index is 12.6. The van der Waals surface area contributed by atoms with Gasteiger partial charge in [-0.3, -0.25) is 0 Å². The Kier molecular flexibility index (Phi) is 7.04. The van der Waals surface area contributed by atoms with Crippen molar-refractivity contribution in [2.24, 2.45) is 0 Å². The van der Waals surface area contributed by atoms with Gasteiger partial charge in [-0.05, 0) is 18.6 Å². The first-order valence-corrected chi connectivity index (χ1v) is 8.67. The third kappa shape index (κ3) is 4.23. The molecule has 0 aliphatic heterocycles. The largest absolute Gasteiger partial charge is 0.395 e. The first-order chi connectivity index (χ1) is 9.34. The molecule has 0 spiro atoms. The van der Waals surface area contributed by atoms with Crippen LogP contribution in [0.1, 0.15) is 19.8 Å². The van der Waals surface area contributed by atoms with Gasteiger partial charge in [0.2, 0.25) is 10.0 Å². The lowest BCUT2D eigenvalue weighted by molar-refractivity contribution is 0.252. The minimum Gasteiger partial charge on any atom is -0.395 e. The molecule has 0 aliphatic carbocycles. The van der Waals surface area contributed by atoms with Crippen LogP contribution in [0.4, 0.5) is 0 Å². The number of unbranched alkanes of at least 4 members (excludes halogenated alkanes) is 1. The molecule has 114 valence electrons. The van der Waals surface area contributed by atoms with Gasteiger partial charge in [-0.1, -0.05) is 48.1 Å². The SMILES string of the molecule is CCCCN(CCO)S(=O)(=O)c1c(Cl)cc(Cl)cc1Cl. The fraction of sp³-hybridized carbons (Fsp3) is 0.500. The average Bonchev–Trinajstić information content (AvgIpc) is 2.32. The second-order valence-electron chi connectivity index (χ2n) is 4.18. The van der Waals surface area contributed by atoms with E-state index in [1.807, 2.05) is 6.92 Å². The van der Waals surface area contributed by atoms with E-state index in [2.05, 4.69) is 0 Å². The van der Waals surface area contributed by atoms with E-state index in [-0.39, 0.29) is 33.1 Å². The lowest BCUT2D eigenvalue weighted by Gasteiger charge is -2.22. The van der Waals surface area contributed by atoms with Crippen LogP contribution >= 0.6 is 34.8 Å². The summed E-state index contributed by atoms with van der Waals surface area (Å²) in [5.74, 6) is 0. The van der Waals surface area contributed by atoms with Crippen molar-refractivity contribution in [1.82, 2.24) is 4.31 Å². The second-order valence-corrected chi connectivity index (χ2v) is 7.31. The van der Waals surface area contributed by atoms with Crippen LogP contribution in [0.25, 0.3) is 0 Å². The van der Waals surface area contributed by atoms with Crippen LogP contribution < -0.4 is 0 Å². The summed E-state index contributed by atoms with van der Waals surface area (Å²) in [7, 11) is -3.86. The quantitative estimate of drug-likeness (QED) is 0.810. The van der Waals surface area contributed by atoms with Crippen molar-refractivity contribution in [2.45, 2.75) is 24.7 Å². The monoisotopic (exact) mass is 359 g/mol. The number of hydrogen-bond donors (Lipinski definition) is 1. The van der Waals surface area contributed by atoms with Crippen molar-refractivity contribution >= 4 is 44.8 Å². The van der Waals surface area contributed by atoms with E-state index in [1.165, 1.54) is 16.4 Å². The Morgan fingerprint density at radius 1 is 1.15 bits per heavy atom. The minimum absolute atomic E-state index is 0.00236. The Balaban J connectivity index is 3.26. The van der Waals surface area contributed by atoms with Gasteiger partial charge in [0.1, 0.15) is 4.90 Å². The molecule has 0 amide bonds. The summed E-state index contributed by atoms with van der Waals surface area (Å²) in [6.07, 6.45) is 1.52. The highest BCUT2D eigenvalue weighted by Crippen LogP contribution is 2.34. The Labute approximate surface area is 134 Å². The Morgan fingerprint density at radius 2 is 1.70 bits per heavy atom. The lowest BCUT2D eigenvalue weighted by Crippen LogP contribution is -2.34. The zero-order valence-electron chi connectivity index (χ0n) is 10.9. The van der Waals surface area contributed by atoms with Crippen molar-refractivity contribution in [3.05, 3.63) is 27.2 Å². The third-order valence-electron chi connectivity index (χ3n) is 2.67. The predicted octanol–water partition coefficient (Wildman–Crippen LogP) is 3.43. The number of nitrogens with zero attached hydrogens (tertiary/aromatic N) is 1. The molecule has 0 aromatic heterocycles. The molecule has 0 fully saturated rings. The highest BCUT2D eigenvalue weighted by molar-refractivity contribution is 7.89. The first kappa shape index (κ1) is 18.0. The summed E-state index contributed by atoms with van der Waals surface area (Å²) >= 11 is 17.7. The van der Waals surface area contributed by atoms with Crippen molar-refractivity contribution in [3.63, 3.8) is 0 Å². The molecular weight excluding hydrogens is 345 g/mol. The van der Waals surface area contributed by atoms with E-state index in [4.69, 9.17) is 39.9 Å². The summed E-state index contributed by atoms with van der Waals surface area (Å²) in [5.41, 5.74) is 0. The second kappa shape index (κ2) is 7.82. The molecule has 0 saturated carbocycles. The van der Waals surface area contributed by atoms with Crippen LogP contribution in [-0.2, 0) is 10.0 Å². The smallest absolute Gasteiger partial charge is 0.246 e. The number of hydrogen-bond acceptors (Lipinski definition) is 3. The number of benzene rings is 1. The summed E-state index contributed by atoms with van der Waals surface area (Å²) < 4.78 is 26.3. The fourth-order valence-electron chi connectivity index (χ4n) is 1.70.